The summed E-state index contributed by atoms with van der Waals surface area (Å²) < 4.78 is 13.8. The lowest BCUT2D eigenvalue weighted by atomic mass is 10.1. The highest BCUT2D eigenvalue weighted by Crippen LogP contribution is 2.27. The van der Waals surface area contributed by atoms with Crippen molar-refractivity contribution in [1.82, 2.24) is 30.1 Å². The molecule has 0 unspecified atom stereocenters. The molecule has 0 fully saturated rings. The van der Waals surface area contributed by atoms with Crippen LogP contribution in [-0.2, 0) is 27.3 Å². The number of tetrazole rings is 1. The van der Waals surface area contributed by atoms with Crippen LogP contribution >= 0.6 is 0 Å². The van der Waals surface area contributed by atoms with Gasteiger partial charge in [-0.15, -0.1) is 5.10 Å². The molecule has 12 heteroatoms. The van der Waals surface area contributed by atoms with Gasteiger partial charge in [0.25, 0.3) is 0 Å². The van der Waals surface area contributed by atoms with Crippen molar-refractivity contribution < 1.29 is 29.0 Å². The SMILES string of the molecule is CCCC[C@@H](C(=O)O)n1nnnc1[C@H](Cc1cc2ccccc2n1C(=O)OC(C)(C)C)NC(=O)OCc1ccccc1. The van der Waals surface area contributed by atoms with Crippen LogP contribution in [0.3, 0.4) is 0 Å². The number of fused-ring (bicyclic) bond motifs is 1. The second-order valence-corrected chi connectivity index (χ2v) is 11.0. The summed E-state index contributed by atoms with van der Waals surface area (Å²) in [6, 6.07) is 16.4. The van der Waals surface area contributed by atoms with Gasteiger partial charge in [0.05, 0.1) is 11.6 Å². The van der Waals surface area contributed by atoms with Crippen molar-refractivity contribution in [2.45, 2.75) is 77.7 Å². The predicted molar refractivity (Wildman–Crippen MR) is 154 cm³/mol. The summed E-state index contributed by atoms with van der Waals surface area (Å²) >= 11 is 0. The molecule has 12 nitrogen and oxygen atoms in total. The summed E-state index contributed by atoms with van der Waals surface area (Å²) in [5.74, 6) is -0.971. The number of aliphatic carboxylic acids is 1. The van der Waals surface area contributed by atoms with Crippen LogP contribution in [0.25, 0.3) is 10.9 Å². The monoisotopic (exact) mass is 576 g/mol. The van der Waals surface area contributed by atoms with Gasteiger partial charge in [-0.1, -0.05) is 68.3 Å². The number of benzene rings is 2. The number of carbonyl (C=O) groups excluding carboxylic acids is 2. The Bertz CT molecular complexity index is 1520. The molecule has 2 atom stereocenters. The number of nitrogens with one attached hydrogen (secondary N) is 1. The van der Waals surface area contributed by atoms with Crippen molar-refractivity contribution in [2.75, 3.05) is 0 Å². The van der Waals surface area contributed by atoms with E-state index >= 15 is 0 Å². The van der Waals surface area contributed by atoms with E-state index < -0.39 is 35.8 Å². The van der Waals surface area contributed by atoms with Gasteiger partial charge in [0, 0.05) is 17.5 Å². The zero-order chi connectivity index (χ0) is 30.3. The fourth-order valence-corrected chi connectivity index (χ4v) is 4.61. The first-order valence-corrected chi connectivity index (χ1v) is 13.9. The molecule has 42 heavy (non-hydrogen) atoms. The van der Waals surface area contributed by atoms with Gasteiger partial charge >= 0.3 is 18.2 Å². The predicted octanol–water partition coefficient (Wildman–Crippen LogP) is 5.44. The smallest absolute Gasteiger partial charge is 0.419 e. The van der Waals surface area contributed by atoms with Crippen molar-refractivity contribution >= 4 is 29.1 Å². The molecule has 0 spiro atoms. The maximum absolute atomic E-state index is 13.4. The van der Waals surface area contributed by atoms with Crippen molar-refractivity contribution in [2.24, 2.45) is 0 Å². The second kappa shape index (κ2) is 13.3. The summed E-state index contributed by atoms with van der Waals surface area (Å²) in [7, 11) is 0. The number of ether oxygens (including phenoxy) is 2. The highest BCUT2D eigenvalue weighted by atomic mass is 16.6. The topological polar surface area (TPSA) is 150 Å². The van der Waals surface area contributed by atoms with Gasteiger partial charge in [0.1, 0.15) is 12.2 Å². The number of carboxylic acids is 1. The van der Waals surface area contributed by atoms with Gasteiger partial charge in [-0.25, -0.2) is 23.6 Å². The summed E-state index contributed by atoms with van der Waals surface area (Å²) in [6.07, 6.45) is 0.418. The summed E-state index contributed by atoms with van der Waals surface area (Å²) in [5.41, 5.74) is 1.17. The van der Waals surface area contributed by atoms with Crippen LogP contribution < -0.4 is 5.32 Å². The molecular formula is C30H36N6O6. The fourth-order valence-electron chi connectivity index (χ4n) is 4.61. The van der Waals surface area contributed by atoms with Crippen LogP contribution in [0.1, 0.15) is 76.1 Å². The van der Waals surface area contributed by atoms with Crippen molar-refractivity contribution in [1.29, 1.82) is 0 Å². The Labute approximate surface area is 243 Å². The molecule has 2 aromatic heterocycles. The van der Waals surface area contributed by atoms with E-state index in [1.54, 1.807) is 26.8 Å². The Morgan fingerprint density at radius 1 is 1.05 bits per heavy atom. The Hall–Kier alpha value is -4.74. The normalized spacial score (nSPS) is 13.0. The highest BCUT2D eigenvalue weighted by Gasteiger charge is 2.31. The van der Waals surface area contributed by atoms with E-state index in [1.807, 2.05) is 61.5 Å². The van der Waals surface area contributed by atoms with Crippen LogP contribution in [0.2, 0.25) is 0 Å². The number of hydrogen-bond acceptors (Lipinski definition) is 8. The molecule has 4 rings (SSSR count). The minimum atomic E-state index is -1.09. The summed E-state index contributed by atoms with van der Waals surface area (Å²) in [6.45, 7) is 7.32. The molecule has 0 radical (unpaired) electrons. The Morgan fingerprint density at radius 2 is 1.76 bits per heavy atom. The molecule has 0 saturated carbocycles. The molecule has 222 valence electrons. The van der Waals surface area contributed by atoms with Gasteiger partial charge in [-0.2, -0.15) is 0 Å². The first-order valence-electron chi connectivity index (χ1n) is 13.9. The third kappa shape index (κ3) is 7.50. The molecule has 0 aliphatic carbocycles. The molecule has 2 heterocycles. The average Bonchev–Trinajstić information content (AvgIpc) is 3.56. The Balaban J connectivity index is 1.72. The molecule has 0 aliphatic rings. The summed E-state index contributed by atoms with van der Waals surface area (Å²) in [4.78, 5) is 38.7. The number of alkyl carbamates (subject to hydrolysis) is 1. The minimum Gasteiger partial charge on any atom is -0.480 e. The first kappa shape index (κ1) is 30.2. The maximum atomic E-state index is 13.4. The Kier molecular flexibility index (Phi) is 9.56. The zero-order valence-electron chi connectivity index (χ0n) is 24.2. The molecule has 0 saturated heterocycles. The van der Waals surface area contributed by atoms with Crippen LogP contribution in [0.5, 0.6) is 0 Å². The van der Waals surface area contributed by atoms with Gasteiger partial charge in [0.15, 0.2) is 11.9 Å². The van der Waals surface area contributed by atoms with E-state index in [9.17, 15) is 19.5 Å². The van der Waals surface area contributed by atoms with Crippen LogP contribution in [0.4, 0.5) is 9.59 Å². The number of aromatic nitrogens is 5. The highest BCUT2D eigenvalue weighted by molar-refractivity contribution is 5.91. The third-order valence-corrected chi connectivity index (χ3v) is 6.52. The number of para-hydroxylation sites is 1. The van der Waals surface area contributed by atoms with E-state index in [0.29, 0.717) is 24.1 Å². The number of carbonyl (C=O) groups is 3. The maximum Gasteiger partial charge on any atom is 0.419 e. The molecule has 0 aliphatic heterocycles. The van der Waals surface area contributed by atoms with E-state index in [1.165, 1.54) is 9.25 Å². The lowest BCUT2D eigenvalue weighted by Gasteiger charge is -2.23. The number of rotatable bonds is 11. The van der Waals surface area contributed by atoms with Crippen molar-refractivity contribution in [3.05, 3.63) is 77.7 Å². The first-order chi connectivity index (χ1) is 20.1. The summed E-state index contributed by atoms with van der Waals surface area (Å²) in [5, 5.41) is 25.4. The molecular weight excluding hydrogens is 540 g/mol. The van der Waals surface area contributed by atoms with E-state index in [-0.39, 0.29) is 18.9 Å². The fraction of sp³-hybridized carbons (Fsp3) is 0.400. The molecule has 1 amide bonds. The number of unbranched alkanes of at least 4 members (excludes halogenated alkanes) is 1. The van der Waals surface area contributed by atoms with Crippen LogP contribution in [-0.4, -0.2) is 53.6 Å². The van der Waals surface area contributed by atoms with Crippen molar-refractivity contribution in [3.8, 4) is 0 Å². The molecule has 0 bridgehead atoms. The standard InChI is InChI=1S/C30H36N6O6/c1-5-6-15-25(27(37)38)36-26(32-33-34-36)23(31-28(39)41-19-20-12-8-7-9-13-20)18-22-17-21-14-10-11-16-24(21)35(22)29(40)42-30(2,3)4/h7-14,16-17,23,25H,5-6,15,18-19H2,1-4H3,(H,31,39)(H,37,38)/t23-,25-/m0/s1. The molecule has 2 N–H and O–H groups in total. The van der Waals surface area contributed by atoms with Gasteiger partial charge in [-0.3, -0.25) is 0 Å². The van der Waals surface area contributed by atoms with Crippen molar-refractivity contribution in [3.63, 3.8) is 0 Å². The van der Waals surface area contributed by atoms with Gasteiger partial charge in [0.2, 0.25) is 0 Å². The number of amides is 1. The van der Waals surface area contributed by atoms with E-state index in [0.717, 1.165) is 17.4 Å². The van der Waals surface area contributed by atoms with Gasteiger partial charge in [-0.05, 0) is 55.3 Å². The quantitative estimate of drug-likeness (QED) is 0.238. The average molecular weight is 577 g/mol. The third-order valence-electron chi connectivity index (χ3n) is 6.52. The molecule has 4 aromatic rings. The number of nitrogens with zero attached hydrogens (tertiary/aromatic N) is 5. The van der Waals surface area contributed by atoms with Gasteiger partial charge < -0.3 is 19.9 Å². The van der Waals surface area contributed by atoms with Crippen LogP contribution in [0.15, 0.2) is 60.7 Å². The Morgan fingerprint density at radius 3 is 2.45 bits per heavy atom. The minimum absolute atomic E-state index is 0.0246. The van der Waals surface area contributed by atoms with Crippen LogP contribution in [0, 0.1) is 0 Å². The molecule has 2 aromatic carbocycles. The zero-order valence-corrected chi connectivity index (χ0v) is 24.2. The number of hydrogen-bond donors (Lipinski definition) is 2. The lowest BCUT2D eigenvalue weighted by molar-refractivity contribution is -0.141. The van der Waals surface area contributed by atoms with E-state index in [2.05, 4.69) is 20.8 Å². The second-order valence-electron chi connectivity index (χ2n) is 11.0. The van der Waals surface area contributed by atoms with E-state index in [4.69, 9.17) is 9.47 Å². The lowest BCUT2D eigenvalue weighted by Crippen LogP contribution is -2.35. The largest absolute Gasteiger partial charge is 0.480 e. The number of carboxylic acid groups (broad SMARTS) is 1.